The molecule has 1 heterocycles. The molecule has 0 radical (unpaired) electrons. The summed E-state index contributed by atoms with van der Waals surface area (Å²) >= 11 is 6.32. The number of rotatable bonds is 6. The monoisotopic (exact) mass is 438 g/mol. The number of allylic oxidation sites excluding steroid dienone is 1. The van der Waals surface area contributed by atoms with Gasteiger partial charge in [0.25, 0.3) is 0 Å². The Bertz CT molecular complexity index is 1020. The number of hydrogen-bond acceptors (Lipinski definition) is 3. The van der Waals surface area contributed by atoms with Crippen LogP contribution in [0.4, 0.5) is 0 Å². The van der Waals surface area contributed by atoms with Gasteiger partial charge in [0, 0.05) is 11.0 Å². The van der Waals surface area contributed by atoms with Crippen LogP contribution in [0.25, 0.3) is 6.08 Å². The van der Waals surface area contributed by atoms with Crippen molar-refractivity contribution in [3.8, 4) is 5.75 Å². The SMILES string of the molecule is COc1ccc(/C=C/C(=O)C23CC4CC(CC(C4)C2)C3)cc1Cn1nc(C)c(Cl)c1C. The Morgan fingerprint density at radius 3 is 2.39 bits per heavy atom. The van der Waals surface area contributed by atoms with E-state index in [2.05, 4.69) is 11.2 Å². The summed E-state index contributed by atoms with van der Waals surface area (Å²) in [6.07, 6.45) is 11.2. The van der Waals surface area contributed by atoms with Gasteiger partial charge in [0.05, 0.1) is 30.1 Å². The second kappa shape index (κ2) is 7.81. The molecule has 1 aromatic heterocycles. The number of nitrogens with zero attached hydrogens (tertiary/aromatic N) is 2. The number of benzene rings is 1. The average molecular weight is 439 g/mol. The van der Waals surface area contributed by atoms with E-state index in [-0.39, 0.29) is 5.41 Å². The molecule has 4 saturated carbocycles. The molecule has 0 N–H and O–H groups in total. The number of carbonyl (C=O) groups is 1. The molecular formula is C26H31ClN2O2. The normalized spacial score (nSPS) is 29.1. The summed E-state index contributed by atoms with van der Waals surface area (Å²) in [5.41, 5.74) is 3.73. The second-order valence-corrected chi connectivity index (χ2v) is 10.5. The Morgan fingerprint density at radius 1 is 1.19 bits per heavy atom. The summed E-state index contributed by atoms with van der Waals surface area (Å²) in [6, 6.07) is 6.07. The summed E-state index contributed by atoms with van der Waals surface area (Å²) in [5.74, 6) is 3.50. The molecular weight excluding hydrogens is 408 g/mol. The summed E-state index contributed by atoms with van der Waals surface area (Å²) in [5, 5.41) is 5.25. The first-order valence-electron chi connectivity index (χ1n) is 11.5. The summed E-state index contributed by atoms with van der Waals surface area (Å²) in [6.45, 7) is 4.47. The highest BCUT2D eigenvalue weighted by atomic mass is 35.5. The quantitative estimate of drug-likeness (QED) is 0.519. The Balaban J connectivity index is 1.37. The van der Waals surface area contributed by atoms with Crippen molar-refractivity contribution >= 4 is 23.5 Å². The molecule has 6 rings (SSSR count). The van der Waals surface area contributed by atoms with Crippen molar-refractivity contribution in [2.45, 2.75) is 58.9 Å². The fourth-order valence-corrected chi connectivity index (χ4v) is 6.91. The minimum Gasteiger partial charge on any atom is -0.496 e. The van der Waals surface area contributed by atoms with E-state index in [1.54, 1.807) is 7.11 Å². The third-order valence-corrected chi connectivity index (χ3v) is 8.45. The highest BCUT2D eigenvalue weighted by molar-refractivity contribution is 6.31. The molecule has 31 heavy (non-hydrogen) atoms. The minimum absolute atomic E-state index is 0.0823. The van der Waals surface area contributed by atoms with Gasteiger partial charge in [-0.1, -0.05) is 23.7 Å². The number of hydrogen-bond donors (Lipinski definition) is 0. The van der Waals surface area contributed by atoms with E-state index < -0.39 is 0 Å². The van der Waals surface area contributed by atoms with Crippen LogP contribution in [0.5, 0.6) is 5.75 Å². The van der Waals surface area contributed by atoms with Gasteiger partial charge in [-0.2, -0.15) is 5.10 Å². The van der Waals surface area contributed by atoms with Gasteiger partial charge in [-0.15, -0.1) is 0 Å². The lowest BCUT2D eigenvalue weighted by molar-refractivity contribution is -0.138. The molecule has 4 fully saturated rings. The zero-order valence-corrected chi connectivity index (χ0v) is 19.4. The lowest BCUT2D eigenvalue weighted by atomic mass is 9.48. The fourth-order valence-electron chi connectivity index (χ4n) is 6.78. The van der Waals surface area contributed by atoms with Crippen LogP contribution >= 0.6 is 11.6 Å². The molecule has 0 spiro atoms. The van der Waals surface area contributed by atoms with Crippen LogP contribution in [0.3, 0.4) is 0 Å². The van der Waals surface area contributed by atoms with Crippen molar-refractivity contribution in [3.05, 3.63) is 51.8 Å². The Morgan fingerprint density at radius 2 is 1.84 bits per heavy atom. The number of aromatic nitrogens is 2. The molecule has 0 aliphatic heterocycles. The van der Waals surface area contributed by atoms with Gasteiger partial charge < -0.3 is 4.74 Å². The van der Waals surface area contributed by atoms with Crippen LogP contribution in [0.15, 0.2) is 24.3 Å². The number of ketones is 1. The van der Waals surface area contributed by atoms with Crippen molar-refractivity contribution in [3.63, 3.8) is 0 Å². The maximum atomic E-state index is 13.3. The second-order valence-electron chi connectivity index (χ2n) is 10.1. The Kier molecular flexibility index (Phi) is 5.24. The van der Waals surface area contributed by atoms with Crippen molar-refractivity contribution in [2.24, 2.45) is 23.2 Å². The predicted octanol–water partition coefficient (Wildman–Crippen LogP) is 6.01. The van der Waals surface area contributed by atoms with Crippen molar-refractivity contribution in [1.82, 2.24) is 9.78 Å². The standard InChI is InChI=1S/C26H31ClN2O2/c1-16-25(27)17(2)29(28-16)15-22-11-18(4-6-23(22)31-3)5-7-24(30)26-12-19-8-20(13-26)10-21(9-19)14-26/h4-7,11,19-21H,8-10,12-15H2,1-3H3/b7-5+. The number of methoxy groups -OCH3 is 1. The van der Waals surface area contributed by atoms with Crippen LogP contribution in [0, 0.1) is 37.0 Å². The van der Waals surface area contributed by atoms with Gasteiger partial charge >= 0.3 is 0 Å². The number of carbonyl (C=O) groups excluding carboxylic acids is 1. The molecule has 1 aromatic carbocycles. The molecule has 164 valence electrons. The molecule has 0 atom stereocenters. The van der Waals surface area contributed by atoms with Gasteiger partial charge in [-0.25, -0.2) is 0 Å². The predicted molar refractivity (Wildman–Crippen MR) is 123 cm³/mol. The van der Waals surface area contributed by atoms with Gasteiger partial charge in [0.2, 0.25) is 0 Å². The summed E-state index contributed by atoms with van der Waals surface area (Å²) in [4.78, 5) is 13.3. The molecule has 4 aliphatic rings. The van der Waals surface area contributed by atoms with E-state index in [0.29, 0.717) is 17.4 Å². The van der Waals surface area contributed by atoms with E-state index in [9.17, 15) is 4.79 Å². The molecule has 0 saturated heterocycles. The number of aryl methyl sites for hydroxylation is 1. The number of ether oxygens (including phenoxy) is 1. The highest BCUT2D eigenvalue weighted by Crippen LogP contribution is 2.60. The number of halogens is 1. The molecule has 4 bridgehead atoms. The first-order valence-corrected chi connectivity index (χ1v) is 11.8. The van der Waals surface area contributed by atoms with Crippen molar-refractivity contribution in [2.75, 3.05) is 7.11 Å². The van der Waals surface area contributed by atoms with Gasteiger partial charge in [0.1, 0.15) is 5.75 Å². The molecule has 5 heteroatoms. The Labute approximate surface area is 189 Å². The van der Waals surface area contributed by atoms with Gasteiger partial charge in [0.15, 0.2) is 5.78 Å². The zero-order chi connectivity index (χ0) is 21.8. The molecule has 0 amide bonds. The smallest absolute Gasteiger partial charge is 0.161 e. The summed E-state index contributed by atoms with van der Waals surface area (Å²) in [7, 11) is 1.68. The first-order chi connectivity index (χ1) is 14.9. The van der Waals surface area contributed by atoms with E-state index in [0.717, 1.165) is 65.3 Å². The van der Waals surface area contributed by atoms with E-state index in [1.165, 1.54) is 19.3 Å². The Hall–Kier alpha value is -2.07. The van der Waals surface area contributed by atoms with Crippen molar-refractivity contribution < 1.29 is 9.53 Å². The third kappa shape index (κ3) is 3.73. The molecule has 0 unspecified atom stereocenters. The summed E-state index contributed by atoms with van der Waals surface area (Å²) < 4.78 is 7.48. The third-order valence-electron chi connectivity index (χ3n) is 7.91. The molecule has 2 aromatic rings. The maximum absolute atomic E-state index is 13.3. The average Bonchev–Trinajstić information content (AvgIpc) is 2.97. The van der Waals surface area contributed by atoms with Crippen LogP contribution in [-0.4, -0.2) is 22.7 Å². The topological polar surface area (TPSA) is 44.1 Å². The van der Waals surface area contributed by atoms with Crippen LogP contribution in [0.1, 0.15) is 61.0 Å². The van der Waals surface area contributed by atoms with Crippen LogP contribution < -0.4 is 4.74 Å². The maximum Gasteiger partial charge on any atom is 0.161 e. The van der Waals surface area contributed by atoms with E-state index in [4.69, 9.17) is 16.3 Å². The first kappa shape index (κ1) is 20.8. The lowest BCUT2D eigenvalue weighted by Gasteiger charge is -2.55. The zero-order valence-electron chi connectivity index (χ0n) is 18.7. The highest BCUT2D eigenvalue weighted by Gasteiger charge is 2.53. The molecule has 4 nitrogen and oxygen atoms in total. The van der Waals surface area contributed by atoms with Crippen LogP contribution in [-0.2, 0) is 11.3 Å². The van der Waals surface area contributed by atoms with Gasteiger partial charge in [-0.3, -0.25) is 9.48 Å². The largest absolute Gasteiger partial charge is 0.496 e. The lowest BCUT2D eigenvalue weighted by Crippen LogP contribution is -2.49. The van der Waals surface area contributed by atoms with E-state index in [1.807, 2.05) is 42.8 Å². The van der Waals surface area contributed by atoms with Crippen molar-refractivity contribution in [1.29, 1.82) is 0 Å². The van der Waals surface area contributed by atoms with Crippen LogP contribution in [0.2, 0.25) is 5.02 Å². The minimum atomic E-state index is -0.0823. The fraction of sp³-hybridized carbons (Fsp3) is 0.538. The van der Waals surface area contributed by atoms with E-state index >= 15 is 0 Å². The molecule has 4 aliphatic carbocycles. The van der Waals surface area contributed by atoms with Gasteiger partial charge in [-0.05, 0) is 93.9 Å².